The molecule has 98 valence electrons. The van der Waals surface area contributed by atoms with Gasteiger partial charge in [0.15, 0.2) is 0 Å². The van der Waals surface area contributed by atoms with Crippen molar-refractivity contribution >= 4 is 11.6 Å². The number of nitrogen functional groups attached to an aromatic ring is 1. The maximum atomic E-state index is 11.1. The molecule has 0 spiro atoms. The lowest BCUT2D eigenvalue weighted by Crippen LogP contribution is -2.12. The van der Waals surface area contributed by atoms with Gasteiger partial charge in [0, 0.05) is 11.9 Å². The van der Waals surface area contributed by atoms with Crippen molar-refractivity contribution in [1.29, 1.82) is 0 Å². The molecule has 2 rings (SSSR count). The first kappa shape index (κ1) is 12.9. The number of anilines is 1. The van der Waals surface area contributed by atoms with Gasteiger partial charge in [0.1, 0.15) is 11.9 Å². The summed E-state index contributed by atoms with van der Waals surface area (Å²) in [6.07, 6.45) is 2.74. The van der Waals surface area contributed by atoms with Gasteiger partial charge >= 0.3 is 0 Å². The summed E-state index contributed by atoms with van der Waals surface area (Å²) in [6.45, 7) is 1.89. The van der Waals surface area contributed by atoms with Crippen LogP contribution in [0.4, 0.5) is 5.69 Å². The van der Waals surface area contributed by atoms with Gasteiger partial charge in [-0.25, -0.2) is 0 Å². The molecule has 19 heavy (non-hydrogen) atoms. The Kier molecular flexibility index (Phi) is 3.66. The van der Waals surface area contributed by atoms with Crippen LogP contribution in [0, 0.1) is 0 Å². The lowest BCUT2D eigenvalue weighted by atomic mass is 10.1. The van der Waals surface area contributed by atoms with E-state index in [0.717, 1.165) is 5.56 Å². The molecule has 1 heterocycles. The normalized spacial score (nSPS) is 11.8. The number of benzene rings is 1. The van der Waals surface area contributed by atoms with Gasteiger partial charge < -0.3 is 16.2 Å². The highest BCUT2D eigenvalue weighted by molar-refractivity contribution is 5.92. The first-order valence-electron chi connectivity index (χ1n) is 5.83. The summed E-state index contributed by atoms with van der Waals surface area (Å²) in [7, 11) is 0. The van der Waals surface area contributed by atoms with Crippen molar-refractivity contribution in [3.63, 3.8) is 0 Å². The van der Waals surface area contributed by atoms with Crippen LogP contribution < -0.4 is 16.2 Å². The Hall–Kier alpha value is -2.56. The third-order valence-corrected chi connectivity index (χ3v) is 2.69. The molecule has 1 aromatic heterocycles. The van der Waals surface area contributed by atoms with Crippen molar-refractivity contribution < 1.29 is 9.53 Å². The van der Waals surface area contributed by atoms with Crippen molar-refractivity contribution in [3.05, 3.63) is 53.9 Å². The number of carbonyl (C=O) groups is 1. The Bertz CT molecular complexity index is 599. The average molecular weight is 257 g/mol. The highest BCUT2D eigenvalue weighted by Gasteiger charge is 2.09. The number of amides is 1. The maximum Gasteiger partial charge on any atom is 0.250 e. The number of aromatic nitrogens is 1. The summed E-state index contributed by atoms with van der Waals surface area (Å²) < 4.78 is 5.72. The van der Waals surface area contributed by atoms with Crippen LogP contribution >= 0.6 is 0 Å². The Labute approximate surface area is 111 Å². The summed E-state index contributed by atoms with van der Waals surface area (Å²) in [5.41, 5.74) is 12.9. The van der Waals surface area contributed by atoms with Crippen LogP contribution in [0.25, 0.3) is 0 Å². The smallest absolute Gasteiger partial charge is 0.250 e. The zero-order valence-corrected chi connectivity index (χ0v) is 10.5. The molecular formula is C14H15N3O2. The molecule has 0 radical (unpaired) electrons. The fourth-order valence-corrected chi connectivity index (χ4v) is 1.70. The van der Waals surface area contributed by atoms with Gasteiger partial charge in [-0.05, 0) is 30.7 Å². The first-order chi connectivity index (χ1) is 9.06. The summed E-state index contributed by atoms with van der Waals surface area (Å²) in [6, 6.07) is 9.01. The fraction of sp³-hybridized carbons (Fsp3) is 0.143. The number of pyridine rings is 1. The molecular weight excluding hydrogens is 242 g/mol. The minimum Gasteiger partial charge on any atom is -0.484 e. The van der Waals surface area contributed by atoms with Gasteiger partial charge in [-0.3, -0.25) is 9.78 Å². The van der Waals surface area contributed by atoms with Gasteiger partial charge in [0.05, 0.1) is 11.8 Å². The van der Waals surface area contributed by atoms with Crippen LogP contribution in [-0.2, 0) is 0 Å². The van der Waals surface area contributed by atoms with Crippen molar-refractivity contribution in [3.8, 4) is 5.75 Å². The SMILES string of the molecule is CC(Oc1cncc(C(N)=O)c1)c1cccc(N)c1. The van der Waals surface area contributed by atoms with E-state index in [0.29, 0.717) is 17.0 Å². The second-order valence-corrected chi connectivity index (χ2v) is 4.20. The van der Waals surface area contributed by atoms with Gasteiger partial charge in [-0.15, -0.1) is 0 Å². The average Bonchev–Trinajstić information content (AvgIpc) is 2.39. The van der Waals surface area contributed by atoms with Gasteiger partial charge in [-0.1, -0.05) is 12.1 Å². The van der Waals surface area contributed by atoms with E-state index in [-0.39, 0.29) is 6.10 Å². The molecule has 0 aliphatic carbocycles. The third kappa shape index (κ3) is 3.22. The Balaban J connectivity index is 2.17. The quantitative estimate of drug-likeness (QED) is 0.818. The topological polar surface area (TPSA) is 91.2 Å². The minimum absolute atomic E-state index is 0.201. The zero-order chi connectivity index (χ0) is 13.8. The highest BCUT2D eigenvalue weighted by atomic mass is 16.5. The number of primary amides is 1. The number of carbonyl (C=O) groups excluding carboxylic acids is 1. The lowest BCUT2D eigenvalue weighted by molar-refractivity contribution is 0.0999. The molecule has 0 saturated heterocycles. The molecule has 1 aromatic carbocycles. The Morgan fingerprint density at radius 2 is 2.11 bits per heavy atom. The Morgan fingerprint density at radius 1 is 1.32 bits per heavy atom. The summed E-state index contributed by atoms with van der Waals surface area (Å²) >= 11 is 0. The minimum atomic E-state index is -0.533. The number of nitrogens with zero attached hydrogens (tertiary/aromatic N) is 1. The largest absolute Gasteiger partial charge is 0.484 e. The Morgan fingerprint density at radius 3 is 2.79 bits per heavy atom. The summed E-state index contributed by atoms with van der Waals surface area (Å²) in [5, 5.41) is 0. The molecule has 0 fully saturated rings. The predicted octanol–water partition coefficient (Wildman–Crippen LogP) is 1.90. The highest BCUT2D eigenvalue weighted by Crippen LogP contribution is 2.22. The van der Waals surface area contributed by atoms with Crippen LogP contribution in [-0.4, -0.2) is 10.9 Å². The van der Waals surface area contributed by atoms with Crippen LogP contribution in [0.15, 0.2) is 42.7 Å². The van der Waals surface area contributed by atoms with E-state index in [9.17, 15) is 4.79 Å². The van der Waals surface area contributed by atoms with E-state index in [1.807, 2.05) is 31.2 Å². The molecule has 2 aromatic rings. The van der Waals surface area contributed by atoms with E-state index in [2.05, 4.69) is 4.98 Å². The number of hydrogen-bond acceptors (Lipinski definition) is 4. The zero-order valence-electron chi connectivity index (χ0n) is 10.5. The third-order valence-electron chi connectivity index (χ3n) is 2.69. The molecule has 0 aliphatic heterocycles. The lowest BCUT2D eigenvalue weighted by Gasteiger charge is -2.15. The molecule has 4 N–H and O–H groups in total. The first-order valence-corrected chi connectivity index (χ1v) is 5.83. The second kappa shape index (κ2) is 5.39. The van der Waals surface area contributed by atoms with Crippen LogP contribution in [0.1, 0.15) is 28.9 Å². The van der Waals surface area contributed by atoms with Crippen LogP contribution in [0.3, 0.4) is 0 Å². The second-order valence-electron chi connectivity index (χ2n) is 4.20. The van der Waals surface area contributed by atoms with E-state index in [1.165, 1.54) is 12.4 Å². The molecule has 0 aliphatic rings. The predicted molar refractivity (Wildman–Crippen MR) is 72.7 cm³/mol. The van der Waals surface area contributed by atoms with Gasteiger partial charge in [0.25, 0.3) is 0 Å². The molecule has 1 unspecified atom stereocenters. The number of hydrogen-bond donors (Lipinski definition) is 2. The van der Waals surface area contributed by atoms with Gasteiger partial charge in [-0.2, -0.15) is 0 Å². The fourth-order valence-electron chi connectivity index (χ4n) is 1.70. The van der Waals surface area contributed by atoms with Crippen molar-refractivity contribution in [1.82, 2.24) is 4.98 Å². The number of ether oxygens (including phenoxy) is 1. The molecule has 5 nitrogen and oxygen atoms in total. The molecule has 1 atom stereocenters. The standard InChI is InChI=1S/C14H15N3O2/c1-9(10-3-2-4-12(15)5-10)19-13-6-11(14(16)18)7-17-8-13/h2-9H,15H2,1H3,(H2,16,18). The van der Waals surface area contributed by atoms with E-state index in [4.69, 9.17) is 16.2 Å². The molecule has 5 heteroatoms. The summed E-state index contributed by atoms with van der Waals surface area (Å²) in [5.74, 6) is -0.0409. The van der Waals surface area contributed by atoms with Crippen LogP contribution in [0.2, 0.25) is 0 Å². The van der Waals surface area contributed by atoms with Crippen molar-refractivity contribution in [2.45, 2.75) is 13.0 Å². The number of nitrogens with two attached hydrogens (primary N) is 2. The van der Waals surface area contributed by atoms with Crippen molar-refractivity contribution in [2.75, 3.05) is 5.73 Å². The van der Waals surface area contributed by atoms with Crippen molar-refractivity contribution in [2.24, 2.45) is 5.73 Å². The molecule has 1 amide bonds. The van der Waals surface area contributed by atoms with Crippen LogP contribution in [0.5, 0.6) is 5.75 Å². The van der Waals surface area contributed by atoms with E-state index in [1.54, 1.807) is 6.07 Å². The van der Waals surface area contributed by atoms with Gasteiger partial charge in [0.2, 0.25) is 5.91 Å². The molecule has 0 bridgehead atoms. The maximum absolute atomic E-state index is 11.1. The van der Waals surface area contributed by atoms with E-state index < -0.39 is 5.91 Å². The number of rotatable bonds is 4. The summed E-state index contributed by atoms with van der Waals surface area (Å²) in [4.78, 5) is 15.0. The van der Waals surface area contributed by atoms with E-state index >= 15 is 0 Å². The monoisotopic (exact) mass is 257 g/mol. The molecule has 0 saturated carbocycles.